The smallest absolute Gasteiger partial charge is 0.404 e. The van der Waals surface area contributed by atoms with Gasteiger partial charge < -0.3 is 30.6 Å². The molecule has 3 aliphatic carbocycles. The number of nitrogens with zero attached hydrogens (tertiary/aromatic N) is 1. The Morgan fingerprint density at radius 3 is 2.19 bits per heavy atom. The number of nitrogens with one attached hydrogen (secondary N) is 4. The Bertz CT molecular complexity index is 1230. The van der Waals surface area contributed by atoms with Gasteiger partial charge in [0.25, 0.3) is 5.91 Å². The standard InChI is InChI=1S/C35H58BN5O6/c1-20(2)15-24(19-37)32(44)38-14-12-11-13-26(40-31(43)23(7)39-30(42)22(5)6)33(45)41-29(16-21(3)4)36-46-28-18-25-17-27(34(25,8)9)35(28,10)47-36/h15,20-23,25-29H,11-14,16-18H2,1-10H3,(H,38,44)(H,39,42)(H,40,43)(H,41,45)/t23-,25-,26-,27-,28+,29-,35-/m0/s1. The van der Waals surface area contributed by atoms with E-state index in [0.29, 0.717) is 44.1 Å². The molecule has 262 valence electrons. The SMILES string of the molecule is CC(C)C=C(C#N)C(=O)NCCCC[C@H](NC(=O)[C@H](C)NC(=O)C(C)C)C(=O)N[C@@H](CC(C)C)B1O[C@@H]2C[C@@H]3C[C@@H](C3(C)C)[C@]2(C)O1. The second-order valence-electron chi connectivity index (χ2n) is 15.7. The van der Waals surface area contributed by atoms with Crippen LogP contribution in [0, 0.1) is 46.3 Å². The van der Waals surface area contributed by atoms with Crippen LogP contribution in [0.5, 0.6) is 0 Å². The van der Waals surface area contributed by atoms with Gasteiger partial charge >= 0.3 is 7.12 Å². The number of carbonyl (C=O) groups is 4. The maximum Gasteiger partial charge on any atom is 0.481 e. The van der Waals surface area contributed by atoms with Crippen molar-refractivity contribution in [3.63, 3.8) is 0 Å². The minimum absolute atomic E-state index is 0.0242. The second kappa shape index (κ2) is 16.0. The Kier molecular flexibility index (Phi) is 13.1. The van der Waals surface area contributed by atoms with E-state index >= 15 is 0 Å². The van der Waals surface area contributed by atoms with E-state index in [1.165, 1.54) is 0 Å². The van der Waals surface area contributed by atoms with Crippen LogP contribution in [0.1, 0.15) is 108 Å². The van der Waals surface area contributed by atoms with Crippen LogP contribution in [0.3, 0.4) is 0 Å². The molecule has 1 heterocycles. The molecule has 3 saturated carbocycles. The van der Waals surface area contributed by atoms with Crippen LogP contribution >= 0.6 is 0 Å². The maximum absolute atomic E-state index is 13.9. The summed E-state index contributed by atoms with van der Waals surface area (Å²) in [5, 5.41) is 20.8. The predicted molar refractivity (Wildman–Crippen MR) is 181 cm³/mol. The Morgan fingerprint density at radius 1 is 0.936 bits per heavy atom. The van der Waals surface area contributed by atoms with Gasteiger partial charge in [0.15, 0.2) is 0 Å². The first-order valence-electron chi connectivity index (χ1n) is 17.5. The molecule has 47 heavy (non-hydrogen) atoms. The minimum Gasteiger partial charge on any atom is -0.404 e. The molecule has 0 spiro atoms. The normalized spacial score (nSPS) is 26.5. The highest BCUT2D eigenvalue weighted by Crippen LogP contribution is 2.65. The van der Waals surface area contributed by atoms with Gasteiger partial charge in [0.05, 0.1) is 17.6 Å². The van der Waals surface area contributed by atoms with Crippen molar-refractivity contribution >= 4 is 30.7 Å². The average molecular weight is 656 g/mol. The van der Waals surface area contributed by atoms with Gasteiger partial charge in [0.1, 0.15) is 23.7 Å². The third-order valence-electron chi connectivity index (χ3n) is 10.3. The van der Waals surface area contributed by atoms with Gasteiger partial charge in [0, 0.05) is 12.5 Å². The molecule has 1 saturated heterocycles. The van der Waals surface area contributed by atoms with E-state index in [2.05, 4.69) is 55.9 Å². The molecule has 4 N–H and O–H groups in total. The molecule has 7 atom stereocenters. The lowest BCUT2D eigenvalue weighted by Gasteiger charge is -2.64. The van der Waals surface area contributed by atoms with Gasteiger partial charge in [-0.3, -0.25) is 19.2 Å². The van der Waals surface area contributed by atoms with Crippen LogP contribution < -0.4 is 21.3 Å². The molecule has 0 aromatic carbocycles. The largest absolute Gasteiger partial charge is 0.481 e. The fraction of sp³-hybridized carbons (Fsp3) is 0.800. The molecule has 2 bridgehead atoms. The number of allylic oxidation sites excluding steroid dienone is 1. The molecular weight excluding hydrogens is 597 g/mol. The quantitative estimate of drug-likeness (QED) is 0.0852. The van der Waals surface area contributed by atoms with Crippen molar-refractivity contribution in [1.82, 2.24) is 21.3 Å². The van der Waals surface area contributed by atoms with Crippen LogP contribution in [0.2, 0.25) is 0 Å². The van der Waals surface area contributed by atoms with Crippen molar-refractivity contribution < 1.29 is 28.5 Å². The molecule has 4 rings (SSSR count). The van der Waals surface area contributed by atoms with Crippen LogP contribution in [0.4, 0.5) is 0 Å². The monoisotopic (exact) mass is 655 g/mol. The van der Waals surface area contributed by atoms with E-state index in [4.69, 9.17) is 9.31 Å². The summed E-state index contributed by atoms with van der Waals surface area (Å²) in [6.07, 6.45) is 5.66. The van der Waals surface area contributed by atoms with E-state index in [1.807, 2.05) is 19.9 Å². The number of amides is 4. The zero-order chi connectivity index (χ0) is 35.3. The third kappa shape index (κ3) is 9.38. The first-order chi connectivity index (χ1) is 21.9. The van der Waals surface area contributed by atoms with Crippen molar-refractivity contribution in [3.8, 4) is 6.07 Å². The lowest BCUT2D eigenvalue weighted by molar-refractivity contribution is -0.199. The van der Waals surface area contributed by atoms with Crippen LogP contribution in [-0.2, 0) is 28.5 Å². The zero-order valence-corrected chi connectivity index (χ0v) is 30.2. The maximum atomic E-state index is 13.9. The molecule has 1 aliphatic heterocycles. The van der Waals surface area contributed by atoms with Gasteiger partial charge in [-0.2, -0.15) is 5.26 Å². The fourth-order valence-corrected chi connectivity index (χ4v) is 7.38. The molecule has 0 aromatic rings. The minimum atomic E-state index is -0.882. The number of rotatable bonds is 16. The molecule has 4 amide bonds. The molecule has 4 aliphatic rings. The van der Waals surface area contributed by atoms with Crippen molar-refractivity contribution in [3.05, 3.63) is 11.6 Å². The van der Waals surface area contributed by atoms with E-state index < -0.39 is 42.6 Å². The van der Waals surface area contributed by atoms with Crippen molar-refractivity contribution in [2.45, 2.75) is 137 Å². The highest BCUT2D eigenvalue weighted by Gasteiger charge is 2.68. The molecule has 11 nitrogen and oxygen atoms in total. The van der Waals surface area contributed by atoms with Crippen LogP contribution in [-0.4, -0.2) is 67.0 Å². The molecule has 4 fully saturated rings. The lowest BCUT2D eigenvalue weighted by Crippen LogP contribution is -2.65. The Labute approximate surface area is 282 Å². The van der Waals surface area contributed by atoms with Crippen molar-refractivity contribution in [1.29, 1.82) is 5.26 Å². The Morgan fingerprint density at radius 2 is 1.62 bits per heavy atom. The zero-order valence-electron chi connectivity index (χ0n) is 30.2. The molecule has 0 radical (unpaired) electrons. The summed E-state index contributed by atoms with van der Waals surface area (Å²) in [4.78, 5) is 51.7. The number of unbranched alkanes of at least 4 members (excludes halogenated alkanes) is 1. The van der Waals surface area contributed by atoms with Gasteiger partial charge in [-0.05, 0) is 81.5 Å². The number of nitriles is 1. The summed E-state index contributed by atoms with van der Waals surface area (Å²) in [6.45, 7) is 20.1. The van der Waals surface area contributed by atoms with Gasteiger partial charge in [-0.1, -0.05) is 61.5 Å². The highest BCUT2D eigenvalue weighted by molar-refractivity contribution is 6.48. The lowest BCUT2D eigenvalue weighted by atomic mass is 9.43. The fourth-order valence-electron chi connectivity index (χ4n) is 7.38. The van der Waals surface area contributed by atoms with Crippen LogP contribution in [0.15, 0.2) is 11.6 Å². The third-order valence-corrected chi connectivity index (χ3v) is 10.3. The van der Waals surface area contributed by atoms with Gasteiger partial charge in [-0.15, -0.1) is 0 Å². The summed E-state index contributed by atoms with van der Waals surface area (Å²) in [7, 11) is -0.601. The summed E-state index contributed by atoms with van der Waals surface area (Å²) in [5.74, 6) is -0.892. The average Bonchev–Trinajstić information content (AvgIpc) is 3.35. The summed E-state index contributed by atoms with van der Waals surface area (Å²) in [5.41, 5.74) is -0.151. The number of hydrogen-bond acceptors (Lipinski definition) is 7. The van der Waals surface area contributed by atoms with Crippen molar-refractivity contribution in [2.24, 2.45) is 35.0 Å². The van der Waals surface area contributed by atoms with E-state index in [1.54, 1.807) is 26.8 Å². The predicted octanol–water partition coefficient (Wildman–Crippen LogP) is 3.82. The second-order valence-corrected chi connectivity index (χ2v) is 15.7. The number of hydrogen-bond donors (Lipinski definition) is 4. The van der Waals surface area contributed by atoms with E-state index in [-0.39, 0.29) is 46.7 Å². The first-order valence-corrected chi connectivity index (χ1v) is 17.5. The van der Waals surface area contributed by atoms with Gasteiger partial charge in [-0.25, -0.2) is 0 Å². The summed E-state index contributed by atoms with van der Waals surface area (Å²) >= 11 is 0. The Hall–Kier alpha value is -2.91. The summed E-state index contributed by atoms with van der Waals surface area (Å²) in [6, 6.07) is 0.227. The topological polar surface area (TPSA) is 159 Å². The van der Waals surface area contributed by atoms with Crippen LogP contribution in [0.25, 0.3) is 0 Å². The summed E-state index contributed by atoms with van der Waals surface area (Å²) < 4.78 is 13.3. The molecule has 12 heteroatoms. The van der Waals surface area contributed by atoms with E-state index in [0.717, 1.165) is 12.8 Å². The first kappa shape index (κ1) is 38.5. The Balaban J connectivity index is 1.69. The van der Waals surface area contributed by atoms with Crippen molar-refractivity contribution in [2.75, 3.05) is 6.54 Å². The number of carbonyl (C=O) groups excluding carboxylic acids is 4. The molecular formula is C35H58BN5O6. The molecule has 0 unspecified atom stereocenters. The van der Waals surface area contributed by atoms with E-state index in [9.17, 15) is 24.4 Å². The molecule has 0 aromatic heterocycles. The van der Waals surface area contributed by atoms with Gasteiger partial charge in [0.2, 0.25) is 17.7 Å². The highest BCUT2D eigenvalue weighted by atomic mass is 16.7.